The van der Waals surface area contributed by atoms with E-state index >= 15 is 0 Å². The zero-order valence-electron chi connectivity index (χ0n) is 11.7. The van der Waals surface area contributed by atoms with Gasteiger partial charge in [-0.3, -0.25) is 4.90 Å². The first-order valence-corrected chi connectivity index (χ1v) is 7.99. The Labute approximate surface area is 123 Å². The summed E-state index contributed by atoms with van der Waals surface area (Å²) >= 11 is 1.67. The highest BCUT2D eigenvalue weighted by Gasteiger charge is 2.17. The lowest BCUT2D eigenvalue weighted by molar-refractivity contribution is -0.00285. The van der Waals surface area contributed by atoms with Gasteiger partial charge in [-0.05, 0) is 37.8 Å². The molecule has 0 radical (unpaired) electrons. The molecule has 0 N–H and O–H groups in total. The topological polar surface area (TPSA) is 38.5 Å². The van der Waals surface area contributed by atoms with Crippen LogP contribution in [0.3, 0.4) is 0 Å². The molecule has 1 unspecified atom stereocenters. The molecule has 1 saturated heterocycles. The molecule has 20 heavy (non-hydrogen) atoms. The van der Waals surface area contributed by atoms with E-state index in [1.165, 1.54) is 19.3 Å². The number of thiophene rings is 1. The van der Waals surface area contributed by atoms with Gasteiger partial charge in [-0.1, -0.05) is 11.2 Å². The van der Waals surface area contributed by atoms with Crippen molar-refractivity contribution in [3.8, 4) is 10.6 Å². The quantitative estimate of drug-likeness (QED) is 0.846. The Bertz CT molecular complexity index is 518. The van der Waals surface area contributed by atoms with E-state index in [2.05, 4.69) is 23.2 Å². The van der Waals surface area contributed by atoms with Crippen molar-refractivity contribution in [1.29, 1.82) is 0 Å². The fourth-order valence-corrected chi connectivity index (χ4v) is 3.23. The van der Waals surface area contributed by atoms with Crippen LogP contribution in [-0.2, 0) is 11.3 Å². The molecule has 0 amide bonds. The highest BCUT2D eigenvalue weighted by molar-refractivity contribution is 7.13. The molecule has 0 bridgehead atoms. The predicted molar refractivity (Wildman–Crippen MR) is 79.7 cm³/mol. The molecule has 2 aromatic heterocycles. The molecule has 0 aliphatic carbocycles. The van der Waals surface area contributed by atoms with Crippen molar-refractivity contribution < 1.29 is 9.26 Å². The van der Waals surface area contributed by atoms with Crippen LogP contribution in [0.2, 0.25) is 0 Å². The second-order valence-corrected chi connectivity index (χ2v) is 6.29. The number of hydrogen-bond acceptors (Lipinski definition) is 5. The molecule has 1 aliphatic heterocycles. The van der Waals surface area contributed by atoms with Crippen LogP contribution < -0.4 is 0 Å². The molecule has 3 rings (SSSR count). The monoisotopic (exact) mass is 292 g/mol. The number of likely N-dealkylation sites (N-methyl/N-ethyl adjacent to an activating group) is 1. The Balaban J connectivity index is 1.54. The maximum atomic E-state index is 5.77. The second-order valence-electron chi connectivity index (χ2n) is 5.35. The lowest BCUT2D eigenvalue weighted by Gasteiger charge is -2.26. The summed E-state index contributed by atoms with van der Waals surface area (Å²) in [4.78, 5) is 3.38. The van der Waals surface area contributed by atoms with Crippen molar-refractivity contribution in [3.05, 3.63) is 29.3 Å². The van der Waals surface area contributed by atoms with Gasteiger partial charge in [-0.2, -0.15) is 0 Å². The molecule has 3 heterocycles. The normalized spacial score (nSPS) is 19.6. The van der Waals surface area contributed by atoms with Gasteiger partial charge in [0.1, 0.15) is 0 Å². The first-order chi connectivity index (χ1) is 9.81. The summed E-state index contributed by atoms with van der Waals surface area (Å²) in [6.45, 7) is 2.67. The first kappa shape index (κ1) is 13.8. The van der Waals surface area contributed by atoms with E-state index in [4.69, 9.17) is 9.26 Å². The van der Waals surface area contributed by atoms with Crippen LogP contribution in [0.5, 0.6) is 0 Å². The zero-order valence-corrected chi connectivity index (χ0v) is 12.6. The SMILES string of the molecule is CN(Cc1cc(-c2cccs2)on1)CC1CCCCO1. The van der Waals surface area contributed by atoms with E-state index in [9.17, 15) is 0 Å². The lowest BCUT2D eigenvalue weighted by Crippen LogP contribution is -2.33. The summed E-state index contributed by atoms with van der Waals surface area (Å²) in [5, 5.41) is 6.20. The second kappa shape index (κ2) is 6.52. The van der Waals surface area contributed by atoms with Gasteiger partial charge in [0.15, 0.2) is 5.76 Å². The lowest BCUT2D eigenvalue weighted by atomic mass is 10.1. The van der Waals surface area contributed by atoms with Crippen molar-refractivity contribution in [1.82, 2.24) is 10.1 Å². The van der Waals surface area contributed by atoms with Crippen LogP contribution in [0.15, 0.2) is 28.1 Å². The van der Waals surface area contributed by atoms with E-state index in [1.807, 2.05) is 17.5 Å². The van der Waals surface area contributed by atoms with Crippen LogP contribution in [-0.4, -0.2) is 36.4 Å². The third kappa shape index (κ3) is 3.48. The van der Waals surface area contributed by atoms with Gasteiger partial charge >= 0.3 is 0 Å². The molecule has 0 aromatic carbocycles. The third-order valence-corrected chi connectivity index (χ3v) is 4.43. The number of hydrogen-bond donors (Lipinski definition) is 0. The Morgan fingerprint density at radius 3 is 3.15 bits per heavy atom. The Kier molecular flexibility index (Phi) is 4.50. The zero-order chi connectivity index (χ0) is 13.8. The Morgan fingerprint density at radius 2 is 2.40 bits per heavy atom. The van der Waals surface area contributed by atoms with Gasteiger partial charge in [-0.25, -0.2) is 0 Å². The fraction of sp³-hybridized carbons (Fsp3) is 0.533. The summed E-state index contributed by atoms with van der Waals surface area (Å²) in [5.74, 6) is 0.859. The van der Waals surface area contributed by atoms with Crippen LogP contribution >= 0.6 is 11.3 Å². The van der Waals surface area contributed by atoms with E-state index < -0.39 is 0 Å². The Morgan fingerprint density at radius 1 is 1.45 bits per heavy atom. The van der Waals surface area contributed by atoms with E-state index in [0.29, 0.717) is 6.10 Å². The highest BCUT2D eigenvalue weighted by atomic mass is 32.1. The van der Waals surface area contributed by atoms with Gasteiger partial charge in [0.25, 0.3) is 0 Å². The first-order valence-electron chi connectivity index (χ1n) is 7.11. The van der Waals surface area contributed by atoms with Gasteiger partial charge in [0.2, 0.25) is 0 Å². The molecular formula is C15H20N2O2S. The summed E-state index contributed by atoms with van der Waals surface area (Å²) in [6.07, 6.45) is 4.03. The summed E-state index contributed by atoms with van der Waals surface area (Å²) in [6, 6.07) is 6.10. The van der Waals surface area contributed by atoms with Crippen molar-refractivity contribution in [3.63, 3.8) is 0 Å². The van der Waals surface area contributed by atoms with E-state index in [-0.39, 0.29) is 0 Å². The number of rotatable bonds is 5. The number of ether oxygens (including phenoxy) is 1. The summed E-state index contributed by atoms with van der Waals surface area (Å²) in [7, 11) is 2.11. The molecule has 2 aromatic rings. The maximum Gasteiger partial charge on any atom is 0.177 e. The average Bonchev–Trinajstić information content (AvgIpc) is 3.10. The minimum absolute atomic E-state index is 0.373. The highest BCUT2D eigenvalue weighted by Crippen LogP contribution is 2.25. The van der Waals surface area contributed by atoms with Gasteiger partial charge in [0.05, 0.1) is 16.7 Å². The Hall–Kier alpha value is -1.17. The summed E-state index contributed by atoms with van der Waals surface area (Å²) < 4.78 is 11.2. The van der Waals surface area contributed by atoms with Crippen LogP contribution in [0.1, 0.15) is 25.0 Å². The van der Waals surface area contributed by atoms with Crippen molar-refractivity contribution in [2.24, 2.45) is 0 Å². The van der Waals surface area contributed by atoms with Gasteiger partial charge in [0, 0.05) is 25.8 Å². The van der Waals surface area contributed by atoms with Crippen molar-refractivity contribution in [2.75, 3.05) is 20.2 Å². The molecule has 0 spiro atoms. The van der Waals surface area contributed by atoms with E-state index in [1.54, 1.807) is 11.3 Å². The predicted octanol–water partition coefficient (Wildman–Crippen LogP) is 3.40. The van der Waals surface area contributed by atoms with Gasteiger partial charge in [-0.15, -0.1) is 11.3 Å². The average molecular weight is 292 g/mol. The molecule has 4 nitrogen and oxygen atoms in total. The van der Waals surface area contributed by atoms with Crippen molar-refractivity contribution in [2.45, 2.75) is 31.9 Å². The molecule has 1 aliphatic rings. The fourth-order valence-electron chi connectivity index (χ4n) is 2.56. The third-order valence-electron chi connectivity index (χ3n) is 3.54. The molecule has 108 valence electrons. The van der Waals surface area contributed by atoms with Crippen molar-refractivity contribution >= 4 is 11.3 Å². The standard InChI is InChI=1S/C15H20N2O2S/c1-17(11-13-5-2-3-7-18-13)10-12-9-14(19-16-12)15-6-4-8-20-15/h4,6,8-9,13H,2-3,5,7,10-11H2,1H3. The minimum Gasteiger partial charge on any atom is -0.377 e. The molecule has 1 atom stereocenters. The molecule has 1 fully saturated rings. The van der Waals surface area contributed by atoms with E-state index in [0.717, 1.165) is 36.0 Å². The van der Waals surface area contributed by atoms with Gasteiger partial charge < -0.3 is 9.26 Å². The molecular weight excluding hydrogens is 272 g/mol. The maximum absolute atomic E-state index is 5.77. The minimum atomic E-state index is 0.373. The molecule has 0 saturated carbocycles. The summed E-state index contributed by atoms with van der Waals surface area (Å²) in [5.41, 5.74) is 0.978. The largest absolute Gasteiger partial charge is 0.377 e. The number of nitrogens with zero attached hydrogens (tertiary/aromatic N) is 2. The smallest absolute Gasteiger partial charge is 0.177 e. The number of aromatic nitrogens is 1. The van der Waals surface area contributed by atoms with Crippen LogP contribution in [0.25, 0.3) is 10.6 Å². The molecule has 5 heteroatoms. The van der Waals surface area contributed by atoms with Crippen LogP contribution in [0, 0.1) is 0 Å². The van der Waals surface area contributed by atoms with Crippen LogP contribution in [0.4, 0.5) is 0 Å².